The average molecular weight is 284 g/mol. The van der Waals surface area contributed by atoms with Gasteiger partial charge in [0.2, 0.25) is 0 Å². The lowest BCUT2D eigenvalue weighted by molar-refractivity contribution is -0.148. The van der Waals surface area contributed by atoms with Crippen LogP contribution in [0.15, 0.2) is 0 Å². The van der Waals surface area contributed by atoms with Crippen LogP contribution in [0.3, 0.4) is 0 Å². The van der Waals surface area contributed by atoms with Crippen molar-refractivity contribution >= 4 is 5.97 Å². The van der Waals surface area contributed by atoms with Crippen LogP contribution in [0.25, 0.3) is 0 Å². The molecule has 0 bridgehead atoms. The van der Waals surface area contributed by atoms with E-state index in [-0.39, 0.29) is 5.97 Å². The predicted octanol–water partition coefficient (Wildman–Crippen LogP) is 2.57. The Morgan fingerprint density at radius 3 is 2.50 bits per heavy atom. The van der Waals surface area contributed by atoms with Gasteiger partial charge in [-0.25, -0.2) is 0 Å². The topological polar surface area (TPSA) is 41.6 Å². The summed E-state index contributed by atoms with van der Waals surface area (Å²) in [6.45, 7) is 6.36. The van der Waals surface area contributed by atoms with E-state index in [0.29, 0.717) is 0 Å². The van der Waals surface area contributed by atoms with Crippen molar-refractivity contribution in [3.8, 4) is 0 Å². The minimum atomic E-state index is -0.555. The fraction of sp³-hybridized carbons (Fsp3) is 0.938. The van der Waals surface area contributed by atoms with Gasteiger partial charge >= 0.3 is 5.97 Å². The third-order valence-electron chi connectivity index (χ3n) is 4.81. The van der Waals surface area contributed by atoms with Gasteiger partial charge < -0.3 is 15.0 Å². The number of hydrogen-bond donors (Lipinski definition) is 1. The predicted molar refractivity (Wildman–Crippen MR) is 82.8 cm³/mol. The molecular formula is C16H32N2O2. The molecule has 0 aliphatic heterocycles. The van der Waals surface area contributed by atoms with E-state index in [1.807, 2.05) is 14.0 Å². The zero-order chi connectivity index (χ0) is 15.0. The van der Waals surface area contributed by atoms with E-state index >= 15 is 0 Å². The van der Waals surface area contributed by atoms with E-state index in [0.717, 1.165) is 32.0 Å². The Morgan fingerprint density at radius 2 is 2.00 bits per heavy atom. The van der Waals surface area contributed by atoms with E-state index in [1.165, 1.54) is 39.2 Å². The summed E-state index contributed by atoms with van der Waals surface area (Å²) >= 11 is 0. The molecule has 0 aromatic carbocycles. The number of likely N-dealkylation sites (N-methyl/N-ethyl adjacent to an activating group) is 1. The van der Waals surface area contributed by atoms with E-state index in [2.05, 4.69) is 17.1 Å². The number of rotatable bonds is 8. The van der Waals surface area contributed by atoms with Gasteiger partial charge in [-0.15, -0.1) is 0 Å². The summed E-state index contributed by atoms with van der Waals surface area (Å²) in [5.74, 6) is -0.166. The number of nitrogens with one attached hydrogen (secondary N) is 1. The van der Waals surface area contributed by atoms with Crippen molar-refractivity contribution in [2.24, 2.45) is 0 Å². The largest absolute Gasteiger partial charge is 0.468 e. The van der Waals surface area contributed by atoms with E-state index in [1.54, 1.807) is 0 Å². The van der Waals surface area contributed by atoms with Gasteiger partial charge in [0.25, 0.3) is 0 Å². The molecule has 0 heterocycles. The van der Waals surface area contributed by atoms with E-state index in [9.17, 15) is 4.79 Å². The average Bonchev–Trinajstić information content (AvgIpc) is 2.51. The molecule has 118 valence electrons. The van der Waals surface area contributed by atoms with Gasteiger partial charge in [-0.2, -0.15) is 0 Å². The van der Waals surface area contributed by atoms with Crippen molar-refractivity contribution in [3.63, 3.8) is 0 Å². The summed E-state index contributed by atoms with van der Waals surface area (Å²) in [7, 11) is 3.29. The first-order chi connectivity index (χ1) is 9.57. The SMILES string of the molecule is CCN(CCCC(C)(NC)C(=O)OC)C1CCCCC1. The molecule has 0 amide bonds. The molecule has 1 unspecified atom stereocenters. The molecule has 1 rings (SSSR count). The molecule has 1 aliphatic rings. The Bertz CT molecular complexity index is 290. The fourth-order valence-corrected chi connectivity index (χ4v) is 3.24. The van der Waals surface area contributed by atoms with Gasteiger partial charge in [-0.3, -0.25) is 4.79 Å². The zero-order valence-corrected chi connectivity index (χ0v) is 13.7. The van der Waals surface area contributed by atoms with Crippen molar-refractivity contribution in [1.82, 2.24) is 10.2 Å². The maximum absolute atomic E-state index is 11.8. The van der Waals surface area contributed by atoms with Crippen molar-refractivity contribution < 1.29 is 9.53 Å². The van der Waals surface area contributed by atoms with Crippen LogP contribution in [0.1, 0.15) is 58.8 Å². The third-order valence-corrected chi connectivity index (χ3v) is 4.81. The molecule has 20 heavy (non-hydrogen) atoms. The number of methoxy groups -OCH3 is 1. The molecule has 0 saturated heterocycles. The first-order valence-corrected chi connectivity index (χ1v) is 8.08. The highest BCUT2D eigenvalue weighted by Crippen LogP contribution is 2.23. The van der Waals surface area contributed by atoms with Gasteiger partial charge in [0.1, 0.15) is 5.54 Å². The quantitative estimate of drug-likeness (QED) is 0.696. The number of carbonyl (C=O) groups is 1. The van der Waals surface area contributed by atoms with Gasteiger partial charge in [0.05, 0.1) is 7.11 Å². The molecule has 4 nitrogen and oxygen atoms in total. The molecule has 1 atom stereocenters. The van der Waals surface area contributed by atoms with Crippen LogP contribution < -0.4 is 5.32 Å². The number of ether oxygens (including phenoxy) is 1. The molecule has 1 N–H and O–H groups in total. The maximum Gasteiger partial charge on any atom is 0.325 e. The molecule has 4 heteroatoms. The highest BCUT2D eigenvalue weighted by molar-refractivity contribution is 5.80. The standard InChI is InChI=1S/C16H32N2O2/c1-5-18(14-10-7-6-8-11-14)13-9-12-16(2,17-3)15(19)20-4/h14,17H,5-13H2,1-4H3. The van der Waals surface area contributed by atoms with Crippen molar-refractivity contribution in [2.45, 2.75) is 70.4 Å². The Morgan fingerprint density at radius 1 is 1.35 bits per heavy atom. The molecule has 1 aliphatic carbocycles. The molecule has 0 radical (unpaired) electrons. The van der Waals surface area contributed by atoms with Gasteiger partial charge in [-0.1, -0.05) is 26.2 Å². The Kier molecular flexibility index (Phi) is 7.52. The Balaban J connectivity index is 2.41. The van der Waals surface area contributed by atoms with Crippen LogP contribution in [0.5, 0.6) is 0 Å². The van der Waals surface area contributed by atoms with Crippen LogP contribution >= 0.6 is 0 Å². The lowest BCUT2D eigenvalue weighted by Crippen LogP contribution is -2.49. The molecule has 0 aromatic rings. The van der Waals surface area contributed by atoms with Gasteiger partial charge in [-0.05, 0) is 52.7 Å². The highest BCUT2D eigenvalue weighted by Gasteiger charge is 2.32. The second kappa shape index (κ2) is 8.63. The number of esters is 1. The van der Waals surface area contributed by atoms with Crippen LogP contribution in [-0.4, -0.2) is 49.7 Å². The smallest absolute Gasteiger partial charge is 0.325 e. The minimum Gasteiger partial charge on any atom is -0.468 e. The lowest BCUT2D eigenvalue weighted by atomic mass is 9.93. The number of carbonyl (C=O) groups excluding carboxylic acids is 1. The number of hydrogen-bond acceptors (Lipinski definition) is 4. The first-order valence-electron chi connectivity index (χ1n) is 8.08. The van der Waals surface area contributed by atoms with Crippen LogP contribution in [0, 0.1) is 0 Å². The van der Waals surface area contributed by atoms with Crippen LogP contribution in [-0.2, 0) is 9.53 Å². The van der Waals surface area contributed by atoms with Crippen molar-refractivity contribution in [2.75, 3.05) is 27.2 Å². The summed E-state index contributed by atoms with van der Waals surface area (Å²) in [4.78, 5) is 14.4. The molecule has 0 spiro atoms. The third kappa shape index (κ3) is 4.74. The maximum atomic E-state index is 11.8. The van der Waals surface area contributed by atoms with Crippen molar-refractivity contribution in [3.05, 3.63) is 0 Å². The molecule has 0 aromatic heterocycles. The van der Waals surface area contributed by atoms with E-state index in [4.69, 9.17) is 4.74 Å². The van der Waals surface area contributed by atoms with E-state index < -0.39 is 5.54 Å². The first kappa shape index (κ1) is 17.4. The van der Waals surface area contributed by atoms with Crippen LogP contribution in [0.2, 0.25) is 0 Å². The highest BCUT2D eigenvalue weighted by atomic mass is 16.5. The molecular weight excluding hydrogens is 252 g/mol. The molecule has 1 saturated carbocycles. The summed E-state index contributed by atoms with van der Waals surface area (Å²) in [5, 5.41) is 3.11. The van der Waals surface area contributed by atoms with Gasteiger partial charge in [0, 0.05) is 6.04 Å². The normalized spacial score (nSPS) is 19.9. The number of nitrogens with zero attached hydrogens (tertiary/aromatic N) is 1. The summed E-state index contributed by atoms with van der Waals surface area (Å²) in [6, 6.07) is 0.757. The zero-order valence-electron chi connectivity index (χ0n) is 13.7. The summed E-state index contributed by atoms with van der Waals surface area (Å²) in [6.07, 6.45) is 8.67. The fourth-order valence-electron chi connectivity index (χ4n) is 3.24. The Labute approximate surface area is 124 Å². The van der Waals surface area contributed by atoms with Crippen LogP contribution in [0.4, 0.5) is 0 Å². The minimum absolute atomic E-state index is 0.166. The van der Waals surface area contributed by atoms with Crippen molar-refractivity contribution in [1.29, 1.82) is 0 Å². The monoisotopic (exact) mass is 284 g/mol. The summed E-state index contributed by atoms with van der Waals surface area (Å²) in [5.41, 5.74) is -0.555. The second-order valence-corrected chi connectivity index (χ2v) is 6.10. The lowest BCUT2D eigenvalue weighted by Gasteiger charge is -2.34. The summed E-state index contributed by atoms with van der Waals surface area (Å²) < 4.78 is 4.89. The van der Waals surface area contributed by atoms with Gasteiger partial charge in [0.15, 0.2) is 0 Å². The Hall–Kier alpha value is -0.610. The molecule has 1 fully saturated rings. The second-order valence-electron chi connectivity index (χ2n) is 6.10.